The Labute approximate surface area is 101 Å². The maximum Gasteiger partial charge on any atom is 0.257 e. The van der Waals surface area contributed by atoms with Crippen molar-refractivity contribution in [3.05, 3.63) is 22.5 Å². The van der Waals surface area contributed by atoms with Crippen LogP contribution in [-0.2, 0) is 4.79 Å². The molecule has 2 rings (SSSR count). The van der Waals surface area contributed by atoms with Gasteiger partial charge in [-0.2, -0.15) is 0 Å². The van der Waals surface area contributed by atoms with Crippen LogP contribution in [0.2, 0.25) is 0 Å². The molecule has 0 bridgehead atoms. The molecule has 0 aromatic rings. The molecular formula is C12H18N2OS. The fourth-order valence-electron chi connectivity index (χ4n) is 2.01. The van der Waals surface area contributed by atoms with Gasteiger partial charge in [-0.1, -0.05) is 31.3 Å². The molecule has 0 aromatic heterocycles. The SMILES string of the molecule is C=C1CC=C(C(=O)NC2CNCCC2C)S1. The van der Waals surface area contributed by atoms with E-state index in [0.717, 1.165) is 35.7 Å². The molecule has 2 unspecified atom stereocenters. The summed E-state index contributed by atoms with van der Waals surface area (Å²) in [6.07, 6.45) is 3.92. The third kappa shape index (κ3) is 2.68. The van der Waals surface area contributed by atoms with E-state index in [2.05, 4.69) is 24.1 Å². The number of carbonyl (C=O) groups excluding carboxylic acids is 1. The van der Waals surface area contributed by atoms with E-state index in [1.54, 1.807) is 0 Å². The van der Waals surface area contributed by atoms with E-state index in [1.165, 1.54) is 11.8 Å². The summed E-state index contributed by atoms with van der Waals surface area (Å²) < 4.78 is 0. The lowest BCUT2D eigenvalue weighted by Gasteiger charge is -2.30. The van der Waals surface area contributed by atoms with E-state index in [1.807, 2.05) is 6.08 Å². The van der Waals surface area contributed by atoms with Crippen molar-refractivity contribution in [3.63, 3.8) is 0 Å². The van der Waals surface area contributed by atoms with Gasteiger partial charge in [0.05, 0.1) is 4.91 Å². The van der Waals surface area contributed by atoms with Crippen molar-refractivity contribution in [3.8, 4) is 0 Å². The molecule has 2 N–H and O–H groups in total. The number of allylic oxidation sites excluding steroid dienone is 2. The number of rotatable bonds is 2. The van der Waals surface area contributed by atoms with Crippen LogP contribution in [-0.4, -0.2) is 25.0 Å². The zero-order chi connectivity index (χ0) is 11.5. The van der Waals surface area contributed by atoms with Gasteiger partial charge in [0.1, 0.15) is 0 Å². The van der Waals surface area contributed by atoms with Crippen molar-refractivity contribution in [2.45, 2.75) is 25.8 Å². The quantitative estimate of drug-likeness (QED) is 0.768. The van der Waals surface area contributed by atoms with E-state index < -0.39 is 0 Å². The van der Waals surface area contributed by atoms with Crippen LogP contribution in [0.1, 0.15) is 19.8 Å². The molecule has 2 aliphatic rings. The van der Waals surface area contributed by atoms with E-state index >= 15 is 0 Å². The molecule has 2 heterocycles. The Morgan fingerprint density at radius 1 is 1.69 bits per heavy atom. The van der Waals surface area contributed by atoms with E-state index in [9.17, 15) is 4.79 Å². The topological polar surface area (TPSA) is 41.1 Å². The molecule has 0 radical (unpaired) electrons. The highest BCUT2D eigenvalue weighted by atomic mass is 32.2. The molecule has 16 heavy (non-hydrogen) atoms. The molecule has 0 aliphatic carbocycles. The van der Waals surface area contributed by atoms with E-state index in [0.29, 0.717) is 5.92 Å². The largest absolute Gasteiger partial charge is 0.347 e. The summed E-state index contributed by atoms with van der Waals surface area (Å²) in [4.78, 5) is 13.8. The van der Waals surface area contributed by atoms with Gasteiger partial charge < -0.3 is 10.6 Å². The number of thioether (sulfide) groups is 1. The first-order valence-electron chi connectivity index (χ1n) is 5.74. The van der Waals surface area contributed by atoms with Gasteiger partial charge in [-0.15, -0.1) is 0 Å². The Balaban J connectivity index is 1.89. The zero-order valence-electron chi connectivity index (χ0n) is 9.58. The van der Waals surface area contributed by atoms with E-state index in [4.69, 9.17) is 0 Å². The van der Waals surface area contributed by atoms with Crippen LogP contribution < -0.4 is 10.6 Å². The first-order chi connectivity index (χ1) is 7.66. The van der Waals surface area contributed by atoms with Crippen LogP contribution in [0.15, 0.2) is 22.5 Å². The van der Waals surface area contributed by atoms with Gasteiger partial charge in [-0.3, -0.25) is 4.79 Å². The van der Waals surface area contributed by atoms with Crippen molar-refractivity contribution in [1.29, 1.82) is 0 Å². The fourth-order valence-corrected chi connectivity index (χ4v) is 2.80. The average molecular weight is 238 g/mol. The summed E-state index contributed by atoms with van der Waals surface area (Å²) in [5, 5.41) is 6.41. The lowest BCUT2D eigenvalue weighted by molar-refractivity contribution is -0.117. The molecule has 1 saturated heterocycles. The predicted molar refractivity (Wildman–Crippen MR) is 68.0 cm³/mol. The number of amides is 1. The van der Waals surface area contributed by atoms with Crippen molar-refractivity contribution < 1.29 is 4.79 Å². The average Bonchev–Trinajstić information content (AvgIpc) is 2.68. The van der Waals surface area contributed by atoms with Crippen LogP contribution in [0.4, 0.5) is 0 Å². The summed E-state index contributed by atoms with van der Waals surface area (Å²) in [5.74, 6) is 0.615. The summed E-state index contributed by atoms with van der Waals surface area (Å²) >= 11 is 1.50. The summed E-state index contributed by atoms with van der Waals surface area (Å²) in [6.45, 7) is 8.00. The molecule has 4 heteroatoms. The fraction of sp³-hybridized carbons (Fsp3) is 0.583. The smallest absolute Gasteiger partial charge is 0.257 e. The molecule has 0 spiro atoms. The van der Waals surface area contributed by atoms with Crippen LogP contribution in [0.5, 0.6) is 0 Å². The first kappa shape index (κ1) is 11.7. The second-order valence-electron chi connectivity index (χ2n) is 4.46. The van der Waals surface area contributed by atoms with Gasteiger partial charge in [0.25, 0.3) is 5.91 Å². The Bertz CT molecular complexity index is 338. The Morgan fingerprint density at radius 3 is 3.12 bits per heavy atom. The Kier molecular flexibility index (Phi) is 3.71. The molecule has 0 aromatic carbocycles. The summed E-state index contributed by atoms with van der Waals surface area (Å²) in [7, 11) is 0. The molecule has 1 amide bonds. The van der Waals surface area contributed by atoms with E-state index in [-0.39, 0.29) is 11.9 Å². The summed E-state index contributed by atoms with van der Waals surface area (Å²) in [6, 6.07) is 0.261. The minimum atomic E-state index is 0.0594. The molecule has 0 saturated carbocycles. The van der Waals surface area contributed by atoms with Crippen LogP contribution in [0.25, 0.3) is 0 Å². The highest BCUT2D eigenvalue weighted by molar-refractivity contribution is 8.07. The van der Waals surface area contributed by atoms with Crippen LogP contribution >= 0.6 is 11.8 Å². The van der Waals surface area contributed by atoms with Crippen molar-refractivity contribution in [1.82, 2.24) is 10.6 Å². The molecule has 2 aliphatic heterocycles. The third-order valence-electron chi connectivity index (χ3n) is 3.14. The minimum Gasteiger partial charge on any atom is -0.347 e. The van der Waals surface area contributed by atoms with Crippen molar-refractivity contribution in [2.24, 2.45) is 5.92 Å². The number of carbonyl (C=O) groups is 1. The number of hydrogen-bond donors (Lipinski definition) is 2. The number of nitrogens with one attached hydrogen (secondary N) is 2. The predicted octanol–water partition coefficient (Wildman–Crippen LogP) is 1.64. The van der Waals surface area contributed by atoms with Gasteiger partial charge in [0, 0.05) is 12.6 Å². The second kappa shape index (κ2) is 5.06. The molecule has 3 nitrogen and oxygen atoms in total. The highest BCUT2D eigenvalue weighted by Gasteiger charge is 2.25. The molecule has 2 atom stereocenters. The van der Waals surface area contributed by atoms with Gasteiger partial charge in [0.15, 0.2) is 0 Å². The second-order valence-corrected chi connectivity index (χ2v) is 5.68. The molecule has 1 fully saturated rings. The van der Waals surface area contributed by atoms with Crippen LogP contribution in [0.3, 0.4) is 0 Å². The molecule has 88 valence electrons. The lowest BCUT2D eigenvalue weighted by Crippen LogP contribution is -2.50. The first-order valence-corrected chi connectivity index (χ1v) is 6.56. The highest BCUT2D eigenvalue weighted by Crippen LogP contribution is 2.34. The molecular weight excluding hydrogens is 220 g/mol. The van der Waals surface area contributed by atoms with Crippen LogP contribution in [0, 0.1) is 5.92 Å². The Morgan fingerprint density at radius 2 is 2.50 bits per heavy atom. The maximum atomic E-state index is 11.9. The van der Waals surface area contributed by atoms with Gasteiger partial charge in [-0.05, 0) is 30.2 Å². The van der Waals surface area contributed by atoms with Crippen molar-refractivity contribution in [2.75, 3.05) is 13.1 Å². The number of piperidine rings is 1. The summed E-state index contributed by atoms with van der Waals surface area (Å²) in [5.41, 5.74) is 0. The minimum absolute atomic E-state index is 0.0594. The van der Waals surface area contributed by atoms with Gasteiger partial charge in [0.2, 0.25) is 0 Å². The Hall–Kier alpha value is -0.740. The van der Waals surface area contributed by atoms with Crippen molar-refractivity contribution >= 4 is 17.7 Å². The normalized spacial score (nSPS) is 30.1. The number of hydrogen-bond acceptors (Lipinski definition) is 3. The van der Waals surface area contributed by atoms with Gasteiger partial charge >= 0.3 is 0 Å². The standard InChI is InChI=1S/C12H18N2OS/c1-8-5-6-13-7-10(8)14-12(15)11-4-3-9(2)16-11/h4,8,10,13H,2-3,5-7H2,1H3,(H,14,15). The monoisotopic (exact) mass is 238 g/mol. The lowest BCUT2D eigenvalue weighted by atomic mass is 9.95. The third-order valence-corrected chi connectivity index (χ3v) is 4.16. The maximum absolute atomic E-state index is 11.9. The van der Waals surface area contributed by atoms with Gasteiger partial charge in [-0.25, -0.2) is 0 Å². The zero-order valence-corrected chi connectivity index (χ0v) is 10.4.